The molecule has 13 heavy (non-hydrogen) atoms. The second-order valence-corrected chi connectivity index (χ2v) is 6.67. The average molecular weight is 209 g/mol. The molecule has 0 heterocycles. The number of hydrogen-bond acceptors (Lipinski definition) is 3. The fraction of sp³-hybridized carbons (Fsp3) is 1.00. The molecule has 0 aliphatic rings. The van der Waals surface area contributed by atoms with Gasteiger partial charge in [-0.25, -0.2) is 13.1 Å². The molecule has 0 saturated carbocycles. The highest BCUT2D eigenvalue weighted by atomic mass is 32.2. The summed E-state index contributed by atoms with van der Waals surface area (Å²) in [4.78, 5) is 0. The Morgan fingerprint density at radius 2 is 1.85 bits per heavy atom. The third kappa shape index (κ3) is 4.59. The van der Waals surface area contributed by atoms with E-state index < -0.39 is 20.9 Å². The van der Waals surface area contributed by atoms with Gasteiger partial charge in [0.2, 0.25) is 10.0 Å². The van der Waals surface area contributed by atoms with Crippen molar-refractivity contribution in [1.29, 1.82) is 0 Å². The fourth-order valence-corrected chi connectivity index (χ4v) is 1.44. The van der Waals surface area contributed by atoms with Crippen LogP contribution in [0.4, 0.5) is 0 Å². The van der Waals surface area contributed by atoms with Crippen molar-refractivity contribution in [1.82, 2.24) is 4.72 Å². The normalized spacial score (nSPS) is 15.8. The highest BCUT2D eigenvalue weighted by Gasteiger charge is 2.28. The summed E-state index contributed by atoms with van der Waals surface area (Å²) in [6.45, 7) is 6.83. The van der Waals surface area contributed by atoms with Crippen molar-refractivity contribution in [3.8, 4) is 0 Å². The van der Waals surface area contributed by atoms with Gasteiger partial charge in [0.15, 0.2) is 0 Å². The third-order valence-corrected chi connectivity index (χ3v) is 3.86. The van der Waals surface area contributed by atoms with Gasteiger partial charge in [0.25, 0.3) is 0 Å². The topological polar surface area (TPSA) is 66.4 Å². The van der Waals surface area contributed by atoms with Crippen molar-refractivity contribution < 1.29 is 13.5 Å². The summed E-state index contributed by atoms with van der Waals surface area (Å²) in [5.41, 5.74) is 0. The van der Waals surface area contributed by atoms with E-state index in [0.29, 0.717) is 6.42 Å². The summed E-state index contributed by atoms with van der Waals surface area (Å²) in [7, 11) is -3.25. The molecule has 0 aromatic rings. The van der Waals surface area contributed by atoms with Crippen LogP contribution in [0.2, 0.25) is 0 Å². The van der Waals surface area contributed by atoms with Gasteiger partial charge in [0, 0.05) is 6.54 Å². The minimum absolute atomic E-state index is 0.289. The maximum atomic E-state index is 11.4. The molecular formula is C8H19NO3S. The van der Waals surface area contributed by atoms with Gasteiger partial charge in [-0.05, 0) is 34.1 Å². The molecule has 0 aliphatic carbocycles. The van der Waals surface area contributed by atoms with Gasteiger partial charge in [0.05, 0.1) is 10.9 Å². The Morgan fingerprint density at radius 3 is 2.15 bits per heavy atom. The summed E-state index contributed by atoms with van der Waals surface area (Å²) in [6, 6.07) is 0. The van der Waals surface area contributed by atoms with Gasteiger partial charge < -0.3 is 5.11 Å². The zero-order valence-electron chi connectivity index (χ0n) is 8.66. The number of nitrogens with one attached hydrogen (secondary N) is 1. The lowest BCUT2D eigenvalue weighted by Crippen LogP contribution is -2.40. The first-order valence-corrected chi connectivity index (χ1v) is 5.82. The van der Waals surface area contributed by atoms with Gasteiger partial charge in [-0.2, -0.15) is 0 Å². The first-order chi connectivity index (χ1) is 5.67. The molecule has 0 amide bonds. The maximum absolute atomic E-state index is 11.4. The smallest absolute Gasteiger partial charge is 0.216 e. The monoisotopic (exact) mass is 209 g/mol. The predicted molar refractivity (Wildman–Crippen MR) is 53.0 cm³/mol. The second-order valence-electron chi connectivity index (χ2n) is 4.15. The zero-order valence-corrected chi connectivity index (χ0v) is 9.48. The van der Waals surface area contributed by atoms with Gasteiger partial charge in [-0.1, -0.05) is 0 Å². The van der Waals surface area contributed by atoms with Gasteiger partial charge >= 0.3 is 0 Å². The second kappa shape index (κ2) is 4.39. The van der Waals surface area contributed by atoms with Gasteiger partial charge in [-0.15, -0.1) is 0 Å². The Kier molecular flexibility index (Phi) is 4.35. The molecule has 4 nitrogen and oxygen atoms in total. The third-order valence-electron chi connectivity index (χ3n) is 1.66. The molecule has 0 aromatic carbocycles. The molecule has 0 spiro atoms. The molecule has 0 saturated heterocycles. The fourth-order valence-electron chi connectivity index (χ4n) is 0.619. The number of aliphatic hydroxyl groups is 1. The average Bonchev–Trinajstić information content (AvgIpc) is 1.82. The van der Waals surface area contributed by atoms with Crippen LogP contribution in [0.5, 0.6) is 0 Å². The molecule has 0 radical (unpaired) electrons. The lowest BCUT2D eigenvalue weighted by Gasteiger charge is -2.19. The molecule has 1 atom stereocenters. The highest BCUT2D eigenvalue weighted by Crippen LogP contribution is 2.12. The molecule has 0 bridgehead atoms. The molecule has 0 fully saturated rings. The van der Waals surface area contributed by atoms with E-state index in [0.717, 1.165) is 0 Å². The van der Waals surface area contributed by atoms with Crippen LogP contribution in [0.3, 0.4) is 0 Å². The number of sulfonamides is 1. The van der Waals surface area contributed by atoms with Crippen LogP contribution in [-0.4, -0.2) is 30.9 Å². The van der Waals surface area contributed by atoms with Gasteiger partial charge in [0.1, 0.15) is 0 Å². The van der Waals surface area contributed by atoms with Crippen LogP contribution in [0.25, 0.3) is 0 Å². The Balaban J connectivity index is 4.07. The molecule has 0 rings (SSSR count). The first-order valence-electron chi connectivity index (χ1n) is 4.34. The van der Waals surface area contributed by atoms with Gasteiger partial charge in [-0.3, -0.25) is 0 Å². The minimum Gasteiger partial charge on any atom is -0.393 e. The van der Waals surface area contributed by atoms with E-state index in [1.807, 2.05) is 0 Å². The largest absolute Gasteiger partial charge is 0.393 e. The van der Waals surface area contributed by atoms with E-state index in [-0.39, 0.29) is 6.54 Å². The molecule has 5 heteroatoms. The summed E-state index contributed by atoms with van der Waals surface area (Å²) in [6.07, 6.45) is -0.0300. The van der Waals surface area contributed by atoms with Crippen LogP contribution >= 0.6 is 0 Å². The predicted octanol–water partition coefficient (Wildman–Crippen LogP) is 0.475. The van der Waals surface area contributed by atoms with Crippen molar-refractivity contribution in [2.45, 2.75) is 45.0 Å². The summed E-state index contributed by atoms with van der Waals surface area (Å²) < 4.78 is 24.5. The molecule has 0 aliphatic heterocycles. The van der Waals surface area contributed by atoms with Crippen LogP contribution in [0.15, 0.2) is 0 Å². The van der Waals surface area contributed by atoms with Crippen molar-refractivity contribution in [2.75, 3.05) is 6.54 Å². The zero-order chi connectivity index (χ0) is 10.7. The Hall–Kier alpha value is -0.130. The van der Waals surface area contributed by atoms with E-state index in [1.54, 1.807) is 27.7 Å². The Labute approximate surface area is 80.4 Å². The summed E-state index contributed by atoms with van der Waals surface area (Å²) >= 11 is 0. The minimum atomic E-state index is -3.25. The summed E-state index contributed by atoms with van der Waals surface area (Å²) in [5, 5.41) is 8.92. The van der Waals surface area contributed by atoms with E-state index in [4.69, 9.17) is 5.11 Å². The van der Waals surface area contributed by atoms with Crippen LogP contribution in [0, 0.1) is 0 Å². The standard InChI is InChI=1S/C8H19NO3S/c1-7(10)5-6-9-13(11,12)8(2,3)4/h7,9-10H,5-6H2,1-4H3. The number of rotatable bonds is 4. The highest BCUT2D eigenvalue weighted by molar-refractivity contribution is 7.90. The molecule has 0 aromatic heterocycles. The van der Waals surface area contributed by atoms with E-state index in [1.165, 1.54) is 0 Å². The van der Waals surface area contributed by atoms with E-state index in [2.05, 4.69) is 4.72 Å². The molecule has 80 valence electrons. The Bertz CT molecular complexity index is 239. The molecular weight excluding hydrogens is 190 g/mol. The van der Waals surface area contributed by atoms with Crippen molar-refractivity contribution in [3.63, 3.8) is 0 Å². The Morgan fingerprint density at radius 1 is 1.38 bits per heavy atom. The van der Waals surface area contributed by atoms with Crippen molar-refractivity contribution >= 4 is 10.0 Å². The van der Waals surface area contributed by atoms with Crippen molar-refractivity contribution in [2.24, 2.45) is 0 Å². The lowest BCUT2D eigenvalue weighted by atomic mass is 10.3. The van der Waals surface area contributed by atoms with E-state index in [9.17, 15) is 8.42 Å². The molecule has 2 N–H and O–H groups in total. The quantitative estimate of drug-likeness (QED) is 0.707. The van der Waals surface area contributed by atoms with E-state index >= 15 is 0 Å². The number of hydrogen-bond donors (Lipinski definition) is 2. The van der Waals surface area contributed by atoms with Crippen LogP contribution < -0.4 is 4.72 Å². The number of aliphatic hydroxyl groups excluding tert-OH is 1. The SMILES string of the molecule is CC(O)CCNS(=O)(=O)C(C)(C)C. The molecule has 1 unspecified atom stereocenters. The first kappa shape index (κ1) is 12.9. The maximum Gasteiger partial charge on any atom is 0.216 e. The van der Waals surface area contributed by atoms with Crippen molar-refractivity contribution in [3.05, 3.63) is 0 Å². The lowest BCUT2D eigenvalue weighted by molar-refractivity contribution is 0.186. The summed E-state index contributed by atoms with van der Waals surface area (Å²) in [5.74, 6) is 0. The van der Waals surface area contributed by atoms with Crippen LogP contribution in [0.1, 0.15) is 34.1 Å². The van der Waals surface area contributed by atoms with Crippen LogP contribution in [-0.2, 0) is 10.0 Å².